The Morgan fingerprint density at radius 1 is 1.53 bits per heavy atom. The van der Waals surface area contributed by atoms with Crippen LogP contribution in [0.1, 0.15) is 38.1 Å². The molecule has 0 radical (unpaired) electrons. The number of aromatic nitrogens is 1. The van der Waals surface area contributed by atoms with Gasteiger partial charge < -0.3 is 15.1 Å². The van der Waals surface area contributed by atoms with E-state index in [1.165, 1.54) is 16.4 Å². The predicted molar refractivity (Wildman–Crippen MR) is 83.1 cm³/mol. The van der Waals surface area contributed by atoms with Crippen molar-refractivity contribution in [2.24, 2.45) is 0 Å². The molecule has 0 aliphatic carbocycles. The van der Waals surface area contributed by atoms with Crippen LogP contribution in [0.3, 0.4) is 0 Å². The van der Waals surface area contributed by atoms with Gasteiger partial charge in [-0.2, -0.15) is 0 Å². The lowest BCUT2D eigenvalue weighted by Crippen LogP contribution is -2.50. The summed E-state index contributed by atoms with van der Waals surface area (Å²) in [5.74, 6) is 0. The topological polar surface area (TPSA) is 31.4 Å². The maximum Gasteiger partial charge on any atom is 0.185 e. The molecule has 1 aromatic heterocycles. The smallest absolute Gasteiger partial charge is 0.185 e. The Morgan fingerprint density at radius 3 is 3.00 bits per heavy atom. The maximum absolute atomic E-state index is 4.63. The highest BCUT2D eigenvalue weighted by Crippen LogP contribution is 2.29. The van der Waals surface area contributed by atoms with E-state index in [1.807, 2.05) is 17.5 Å². The van der Waals surface area contributed by atoms with Crippen LogP contribution in [0.5, 0.6) is 0 Å². The molecule has 108 valence electrons. The summed E-state index contributed by atoms with van der Waals surface area (Å²) in [5, 5.41) is 4.71. The lowest BCUT2D eigenvalue weighted by atomic mass is 10.2. The summed E-state index contributed by atoms with van der Waals surface area (Å²) < 4.78 is 0. The molecule has 2 rings (SSSR count). The van der Waals surface area contributed by atoms with Crippen LogP contribution in [0.4, 0.5) is 5.13 Å². The lowest BCUT2D eigenvalue weighted by molar-refractivity contribution is 0.275. The summed E-state index contributed by atoms with van der Waals surface area (Å²) in [6.45, 7) is 11.1. The number of likely N-dealkylation sites (N-methyl/N-ethyl adjacent to an activating group) is 1. The van der Waals surface area contributed by atoms with Gasteiger partial charge in [-0.15, -0.1) is 11.3 Å². The minimum atomic E-state index is 0.411. The van der Waals surface area contributed by atoms with Crippen molar-refractivity contribution in [1.82, 2.24) is 15.2 Å². The lowest BCUT2D eigenvalue weighted by Gasteiger charge is -2.38. The number of thiazole rings is 1. The molecule has 0 saturated carbocycles. The first-order valence-electron chi connectivity index (χ1n) is 7.26. The summed E-state index contributed by atoms with van der Waals surface area (Å²) >= 11 is 1.84. The third-order valence-corrected chi connectivity index (χ3v) is 4.93. The number of nitrogens with zero attached hydrogens (tertiary/aromatic N) is 3. The van der Waals surface area contributed by atoms with Gasteiger partial charge in [0, 0.05) is 42.8 Å². The minimum absolute atomic E-state index is 0.411. The third kappa shape index (κ3) is 3.68. The quantitative estimate of drug-likeness (QED) is 0.898. The Labute approximate surface area is 120 Å². The van der Waals surface area contributed by atoms with E-state index in [1.54, 1.807) is 0 Å². The van der Waals surface area contributed by atoms with Crippen molar-refractivity contribution in [2.75, 3.05) is 38.1 Å². The molecule has 0 amide bonds. The SMILES string of the molecule is CCCNC(C)c1cnc(N2CCN(C)CC2C)s1. The minimum Gasteiger partial charge on any atom is -0.343 e. The van der Waals surface area contributed by atoms with E-state index in [9.17, 15) is 0 Å². The van der Waals surface area contributed by atoms with Gasteiger partial charge in [0.2, 0.25) is 0 Å². The van der Waals surface area contributed by atoms with Crippen molar-refractivity contribution >= 4 is 16.5 Å². The highest BCUT2D eigenvalue weighted by atomic mass is 32.1. The van der Waals surface area contributed by atoms with E-state index in [-0.39, 0.29) is 0 Å². The van der Waals surface area contributed by atoms with Crippen molar-refractivity contribution in [2.45, 2.75) is 39.3 Å². The van der Waals surface area contributed by atoms with E-state index in [0.717, 1.165) is 26.2 Å². The van der Waals surface area contributed by atoms with Gasteiger partial charge in [-0.3, -0.25) is 0 Å². The molecule has 1 aromatic rings. The molecular weight excluding hydrogens is 256 g/mol. The number of nitrogens with one attached hydrogen (secondary N) is 1. The Bertz CT molecular complexity index is 393. The summed E-state index contributed by atoms with van der Waals surface area (Å²) in [5.41, 5.74) is 0. The van der Waals surface area contributed by atoms with Crippen LogP contribution in [0, 0.1) is 0 Å². The van der Waals surface area contributed by atoms with Gasteiger partial charge in [0.1, 0.15) is 0 Å². The molecule has 1 aliphatic rings. The van der Waals surface area contributed by atoms with Crippen LogP contribution in [0.25, 0.3) is 0 Å². The largest absolute Gasteiger partial charge is 0.343 e. The second-order valence-electron chi connectivity index (χ2n) is 5.53. The van der Waals surface area contributed by atoms with Crippen LogP contribution >= 0.6 is 11.3 Å². The zero-order chi connectivity index (χ0) is 13.8. The number of piperazine rings is 1. The molecule has 19 heavy (non-hydrogen) atoms. The molecule has 1 N–H and O–H groups in total. The first-order chi connectivity index (χ1) is 9.11. The Kier molecular flexibility index (Phi) is 5.19. The van der Waals surface area contributed by atoms with Crippen molar-refractivity contribution in [3.63, 3.8) is 0 Å². The van der Waals surface area contributed by atoms with Crippen molar-refractivity contribution < 1.29 is 0 Å². The molecule has 1 fully saturated rings. The second kappa shape index (κ2) is 6.68. The first-order valence-corrected chi connectivity index (χ1v) is 8.07. The zero-order valence-corrected chi connectivity index (χ0v) is 13.3. The van der Waals surface area contributed by atoms with Gasteiger partial charge in [0.05, 0.1) is 0 Å². The fraction of sp³-hybridized carbons (Fsp3) is 0.786. The molecule has 0 bridgehead atoms. The molecule has 5 heteroatoms. The van der Waals surface area contributed by atoms with E-state index in [4.69, 9.17) is 0 Å². The normalized spacial score (nSPS) is 22.7. The van der Waals surface area contributed by atoms with E-state index >= 15 is 0 Å². The summed E-state index contributed by atoms with van der Waals surface area (Å²) in [6.07, 6.45) is 3.21. The fourth-order valence-corrected chi connectivity index (χ4v) is 3.57. The standard InChI is InChI=1S/C14H26N4S/c1-5-6-15-12(3)13-9-16-14(19-13)18-8-7-17(4)10-11(18)2/h9,11-12,15H,5-8,10H2,1-4H3. The molecule has 2 heterocycles. The van der Waals surface area contributed by atoms with E-state index in [0.29, 0.717) is 12.1 Å². The van der Waals surface area contributed by atoms with Gasteiger partial charge in [0.15, 0.2) is 5.13 Å². The van der Waals surface area contributed by atoms with Gasteiger partial charge in [0.25, 0.3) is 0 Å². The molecular formula is C14H26N4S. The van der Waals surface area contributed by atoms with Crippen LogP contribution in [-0.4, -0.2) is 49.2 Å². The average molecular weight is 282 g/mol. The van der Waals surface area contributed by atoms with Gasteiger partial charge in [-0.05, 0) is 33.9 Å². The molecule has 1 saturated heterocycles. The summed E-state index contributed by atoms with van der Waals surface area (Å²) in [6, 6.07) is 0.964. The molecule has 1 aliphatic heterocycles. The Balaban J connectivity index is 2.00. The van der Waals surface area contributed by atoms with Crippen molar-refractivity contribution in [3.05, 3.63) is 11.1 Å². The molecule has 2 unspecified atom stereocenters. The highest BCUT2D eigenvalue weighted by molar-refractivity contribution is 7.15. The van der Waals surface area contributed by atoms with Gasteiger partial charge >= 0.3 is 0 Å². The molecule has 0 aromatic carbocycles. The van der Waals surface area contributed by atoms with Crippen LogP contribution in [0.15, 0.2) is 6.20 Å². The predicted octanol–water partition coefficient (Wildman–Crippen LogP) is 2.34. The van der Waals surface area contributed by atoms with Crippen LogP contribution < -0.4 is 10.2 Å². The number of hydrogen-bond acceptors (Lipinski definition) is 5. The number of hydrogen-bond donors (Lipinski definition) is 1. The van der Waals surface area contributed by atoms with Crippen LogP contribution in [0.2, 0.25) is 0 Å². The highest BCUT2D eigenvalue weighted by Gasteiger charge is 2.24. The Morgan fingerprint density at radius 2 is 2.32 bits per heavy atom. The number of anilines is 1. The number of rotatable bonds is 5. The van der Waals surface area contributed by atoms with Crippen molar-refractivity contribution in [3.8, 4) is 0 Å². The first kappa shape index (κ1) is 14.8. The average Bonchev–Trinajstić information content (AvgIpc) is 2.85. The van der Waals surface area contributed by atoms with Gasteiger partial charge in [-0.1, -0.05) is 6.92 Å². The van der Waals surface area contributed by atoms with Gasteiger partial charge in [-0.25, -0.2) is 4.98 Å². The van der Waals surface area contributed by atoms with Crippen LogP contribution in [-0.2, 0) is 0 Å². The summed E-state index contributed by atoms with van der Waals surface area (Å²) in [7, 11) is 2.19. The molecule has 2 atom stereocenters. The Hall–Kier alpha value is -0.650. The molecule has 0 spiro atoms. The van der Waals surface area contributed by atoms with E-state index in [2.05, 4.69) is 47.9 Å². The third-order valence-electron chi connectivity index (χ3n) is 3.71. The second-order valence-corrected chi connectivity index (χ2v) is 6.57. The molecule has 4 nitrogen and oxygen atoms in total. The van der Waals surface area contributed by atoms with Crippen molar-refractivity contribution in [1.29, 1.82) is 0 Å². The van der Waals surface area contributed by atoms with E-state index < -0.39 is 0 Å². The summed E-state index contributed by atoms with van der Waals surface area (Å²) in [4.78, 5) is 10.8. The fourth-order valence-electron chi connectivity index (χ4n) is 2.50. The zero-order valence-electron chi connectivity index (χ0n) is 12.5. The maximum atomic E-state index is 4.63. The monoisotopic (exact) mass is 282 g/mol.